The summed E-state index contributed by atoms with van der Waals surface area (Å²) in [6, 6.07) is 11.6. The van der Waals surface area contributed by atoms with Crippen molar-refractivity contribution in [2.75, 3.05) is 6.54 Å². The van der Waals surface area contributed by atoms with Gasteiger partial charge in [0.05, 0.1) is 7.57 Å². The Balaban J connectivity index is 2.01. The lowest BCUT2D eigenvalue weighted by molar-refractivity contribution is 0.408. The van der Waals surface area contributed by atoms with E-state index in [0.29, 0.717) is 12.0 Å². The van der Waals surface area contributed by atoms with Crippen molar-refractivity contribution in [3.05, 3.63) is 54.6 Å². The van der Waals surface area contributed by atoms with Gasteiger partial charge in [0.1, 0.15) is 0 Å². The van der Waals surface area contributed by atoms with E-state index >= 15 is 0 Å². The molecule has 0 spiro atoms. The van der Waals surface area contributed by atoms with Crippen molar-refractivity contribution in [2.24, 2.45) is 0 Å². The number of likely N-dealkylation sites (N-methyl/N-ethyl adjacent to an activating group) is 1. The van der Waals surface area contributed by atoms with Gasteiger partial charge in [0.2, 0.25) is 0 Å². The molecule has 1 aromatic heterocycles. The molecule has 2 aromatic rings. The van der Waals surface area contributed by atoms with Gasteiger partial charge in [0.15, 0.2) is 0 Å². The van der Waals surface area contributed by atoms with Gasteiger partial charge in [-0.2, -0.15) is 0 Å². The first-order chi connectivity index (χ1) is 10.2. The summed E-state index contributed by atoms with van der Waals surface area (Å²) in [6.07, 6.45) is 3.76. The minimum absolute atomic E-state index is 0.383. The second-order valence-electron chi connectivity index (χ2n) is 5.51. The zero-order valence-corrected chi connectivity index (χ0v) is 16.0. The minimum atomic E-state index is 0.383. The van der Waals surface area contributed by atoms with Crippen LogP contribution in [-0.2, 0) is 6.42 Å². The first-order valence-electron chi connectivity index (χ1n) is 7.46. The van der Waals surface area contributed by atoms with Gasteiger partial charge >= 0.3 is 0 Å². The molecule has 112 valence electrons. The lowest BCUT2D eigenvalue weighted by Gasteiger charge is -2.33. The van der Waals surface area contributed by atoms with Crippen molar-refractivity contribution in [1.82, 2.24) is 5.32 Å². The van der Waals surface area contributed by atoms with Gasteiger partial charge in [-0.05, 0) is 80.4 Å². The molecular weight excluding hydrogens is 410 g/mol. The summed E-state index contributed by atoms with van der Waals surface area (Å²) >= 11 is 9.12. The third kappa shape index (κ3) is 3.29. The van der Waals surface area contributed by atoms with E-state index < -0.39 is 0 Å². The Kier molecular flexibility index (Phi) is 5.20. The third-order valence-electron chi connectivity index (χ3n) is 4.26. The molecule has 0 amide bonds. The summed E-state index contributed by atoms with van der Waals surface area (Å²) in [6.45, 7) is 3.18. The zero-order valence-electron chi connectivity index (χ0n) is 12.0. The van der Waals surface area contributed by atoms with Crippen molar-refractivity contribution in [3.63, 3.8) is 0 Å². The molecule has 3 rings (SSSR count). The fraction of sp³-hybridized carbons (Fsp3) is 0.412. The standard InChI is InChI=1S/C17H19Br2NS/c1-2-20-16(14-10-15(18)21-17(14)19)13-9-5-7-11-6-3-4-8-12(11)13/h3-4,6,8,10,13,16,20H,2,5,7,9H2,1H3. The van der Waals surface area contributed by atoms with Crippen molar-refractivity contribution in [1.29, 1.82) is 0 Å². The number of hydrogen-bond acceptors (Lipinski definition) is 2. The van der Waals surface area contributed by atoms with Crippen LogP contribution in [0.25, 0.3) is 0 Å². The van der Waals surface area contributed by atoms with E-state index in [0.717, 1.165) is 6.54 Å². The largest absolute Gasteiger partial charge is 0.310 e. The third-order valence-corrected chi connectivity index (χ3v) is 6.65. The average Bonchev–Trinajstić information content (AvgIpc) is 2.83. The van der Waals surface area contributed by atoms with E-state index in [4.69, 9.17) is 0 Å². The van der Waals surface area contributed by atoms with Crippen molar-refractivity contribution >= 4 is 43.2 Å². The van der Waals surface area contributed by atoms with Crippen LogP contribution in [0.5, 0.6) is 0 Å². The maximum Gasteiger partial charge on any atom is 0.0758 e. The van der Waals surface area contributed by atoms with Gasteiger partial charge in [0.25, 0.3) is 0 Å². The van der Waals surface area contributed by atoms with Crippen molar-refractivity contribution in [2.45, 2.75) is 38.1 Å². The Hall–Kier alpha value is -0.160. The second kappa shape index (κ2) is 6.95. The molecule has 1 aliphatic rings. The van der Waals surface area contributed by atoms with Crippen LogP contribution < -0.4 is 5.32 Å². The van der Waals surface area contributed by atoms with E-state index in [9.17, 15) is 0 Å². The highest BCUT2D eigenvalue weighted by atomic mass is 79.9. The highest BCUT2D eigenvalue weighted by molar-refractivity contribution is 9.12. The van der Waals surface area contributed by atoms with E-state index in [1.54, 1.807) is 11.3 Å². The molecular formula is C17H19Br2NS. The van der Waals surface area contributed by atoms with Crippen LogP contribution in [0.1, 0.15) is 48.4 Å². The Morgan fingerprint density at radius 3 is 2.86 bits per heavy atom. The molecule has 4 heteroatoms. The molecule has 0 fully saturated rings. The van der Waals surface area contributed by atoms with E-state index in [-0.39, 0.29) is 0 Å². The molecule has 21 heavy (non-hydrogen) atoms. The zero-order chi connectivity index (χ0) is 14.8. The van der Waals surface area contributed by atoms with E-state index in [1.165, 1.54) is 43.5 Å². The van der Waals surface area contributed by atoms with Gasteiger partial charge < -0.3 is 5.32 Å². The molecule has 1 N–H and O–H groups in total. The van der Waals surface area contributed by atoms with Gasteiger partial charge in [-0.1, -0.05) is 31.2 Å². The number of halogens is 2. The molecule has 1 aliphatic carbocycles. The maximum atomic E-state index is 3.74. The van der Waals surface area contributed by atoms with Crippen LogP contribution >= 0.6 is 43.2 Å². The van der Waals surface area contributed by atoms with Crippen LogP contribution in [0, 0.1) is 0 Å². The SMILES string of the molecule is CCNC(c1cc(Br)sc1Br)C1CCCc2ccccc21. The summed E-state index contributed by atoms with van der Waals surface area (Å²) in [5.41, 5.74) is 4.45. The molecule has 0 radical (unpaired) electrons. The molecule has 2 unspecified atom stereocenters. The lowest BCUT2D eigenvalue weighted by atomic mass is 9.77. The van der Waals surface area contributed by atoms with Crippen LogP contribution in [0.3, 0.4) is 0 Å². The average molecular weight is 429 g/mol. The highest BCUT2D eigenvalue weighted by Gasteiger charge is 2.30. The highest BCUT2D eigenvalue weighted by Crippen LogP contribution is 2.45. The van der Waals surface area contributed by atoms with Crippen LogP contribution in [0.2, 0.25) is 0 Å². The number of thiophene rings is 1. The Labute approximate surface area is 147 Å². The molecule has 0 bridgehead atoms. The maximum absolute atomic E-state index is 3.74. The van der Waals surface area contributed by atoms with Crippen molar-refractivity contribution in [3.8, 4) is 0 Å². The number of rotatable bonds is 4. The predicted molar refractivity (Wildman–Crippen MR) is 98.3 cm³/mol. The second-order valence-corrected chi connectivity index (χ2v) is 9.26. The molecule has 1 aromatic carbocycles. The fourth-order valence-corrected chi connectivity index (χ4v) is 6.32. The molecule has 0 saturated carbocycles. The van der Waals surface area contributed by atoms with Gasteiger partial charge in [0, 0.05) is 12.0 Å². The molecule has 1 heterocycles. The number of nitrogens with one attached hydrogen (secondary N) is 1. The first-order valence-corrected chi connectivity index (χ1v) is 9.87. The summed E-state index contributed by atoms with van der Waals surface area (Å²) in [4.78, 5) is 0. The van der Waals surface area contributed by atoms with Crippen LogP contribution in [0.4, 0.5) is 0 Å². The van der Waals surface area contributed by atoms with Crippen LogP contribution in [-0.4, -0.2) is 6.54 Å². The molecule has 0 saturated heterocycles. The summed E-state index contributed by atoms with van der Waals surface area (Å²) in [5, 5.41) is 3.72. The van der Waals surface area contributed by atoms with Crippen LogP contribution in [0.15, 0.2) is 37.9 Å². The van der Waals surface area contributed by atoms with Gasteiger partial charge in [-0.3, -0.25) is 0 Å². The lowest BCUT2D eigenvalue weighted by Crippen LogP contribution is -2.29. The summed E-state index contributed by atoms with van der Waals surface area (Å²) in [5.74, 6) is 0.563. The minimum Gasteiger partial charge on any atom is -0.310 e. The van der Waals surface area contributed by atoms with Gasteiger partial charge in [-0.15, -0.1) is 11.3 Å². The number of benzene rings is 1. The van der Waals surface area contributed by atoms with Gasteiger partial charge in [-0.25, -0.2) is 0 Å². The molecule has 1 nitrogen and oxygen atoms in total. The van der Waals surface area contributed by atoms with E-state index in [2.05, 4.69) is 74.4 Å². The Bertz CT molecular complexity index is 623. The number of hydrogen-bond donors (Lipinski definition) is 1. The normalized spacial score (nSPS) is 19.3. The number of aryl methyl sites for hydroxylation is 1. The summed E-state index contributed by atoms with van der Waals surface area (Å²) < 4.78 is 2.43. The molecule has 2 atom stereocenters. The Morgan fingerprint density at radius 2 is 2.14 bits per heavy atom. The number of fused-ring (bicyclic) bond motifs is 1. The first kappa shape index (κ1) is 15.7. The smallest absolute Gasteiger partial charge is 0.0758 e. The summed E-state index contributed by atoms with van der Waals surface area (Å²) in [7, 11) is 0. The van der Waals surface area contributed by atoms with Crippen molar-refractivity contribution < 1.29 is 0 Å². The molecule has 0 aliphatic heterocycles. The Morgan fingerprint density at radius 1 is 1.33 bits per heavy atom. The predicted octanol–water partition coefficient (Wildman–Crippen LogP) is 6.04. The topological polar surface area (TPSA) is 12.0 Å². The monoisotopic (exact) mass is 427 g/mol. The quantitative estimate of drug-likeness (QED) is 0.625. The fourth-order valence-electron chi connectivity index (χ4n) is 3.39. The van der Waals surface area contributed by atoms with E-state index in [1.807, 2.05) is 0 Å².